The Morgan fingerprint density at radius 2 is 1.48 bits per heavy atom. The van der Waals surface area contributed by atoms with Crippen molar-refractivity contribution in [2.75, 3.05) is 0 Å². The lowest BCUT2D eigenvalue weighted by Gasteiger charge is -2.39. The molecule has 1 aromatic carbocycles. The Labute approximate surface area is 155 Å². The van der Waals surface area contributed by atoms with E-state index in [0.717, 1.165) is 11.0 Å². The molecule has 1 atom stereocenters. The van der Waals surface area contributed by atoms with Crippen molar-refractivity contribution in [3.8, 4) is 0 Å². The quantitative estimate of drug-likeness (QED) is 0.700. The van der Waals surface area contributed by atoms with Gasteiger partial charge in [-0.15, -0.1) is 0 Å². The zero-order chi connectivity index (χ0) is 19.3. The van der Waals surface area contributed by atoms with Gasteiger partial charge in [0.1, 0.15) is 0 Å². The van der Waals surface area contributed by atoms with Gasteiger partial charge in [0.05, 0.1) is 17.3 Å². The molecule has 25 heavy (non-hydrogen) atoms. The summed E-state index contributed by atoms with van der Waals surface area (Å²) in [7, 11) is -2.21. The highest BCUT2D eigenvalue weighted by Gasteiger charge is 2.52. The maximum Gasteiger partial charge on any atom is 0.495 e. The highest BCUT2D eigenvalue weighted by molar-refractivity contribution is 6.74. The molecule has 0 bridgehead atoms. The van der Waals surface area contributed by atoms with E-state index in [1.807, 2.05) is 6.07 Å². The lowest BCUT2D eigenvalue weighted by Crippen LogP contribution is -2.43. The first-order chi connectivity index (χ1) is 11.2. The molecule has 3 nitrogen and oxygen atoms in total. The van der Waals surface area contributed by atoms with E-state index in [-0.39, 0.29) is 29.5 Å². The molecule has 1 fully saturated rings. The molecule has 0 saturated carbocycles. The van der Waals surface area contributed by atoms with Gasteiger partial charge in [0.15, 0.2) is 8.32 Å². The van der Waals surface area contributed by atoms with Crippen LogP contribution in [0.5, 0.6) is 0 Å². The van der Waals surface area contributed by atoms with Crippen LogP contribution in [0.15, 0.2) is 24.3 Å². The van der Waals surface area contributed by atoms with Crippen LogP contribution < -0.4 is 5.46 Å². The molecule has 1 aromatic rings. The Kier molecular flexibility index (Phi) is 5.40. The van der Waals surface area contributed by atoms with Crippen LogP contribution in [0.1, 0.15) is 67.1 Å². The van der Waals surface area contributed by atoms with E-state index < -0.39 is 8.32 Å². The Morgan fingerprint density at radius 1 is 1.00 bits per heavy atom. The average Bonchev–Trinajstić information content (AvgIpc) is 2.65. The Balaban J connectivity index is 2.31. The third kappa shape index (κ3) is 4.05. The van der Waals surface area contributed by atoms with Crippen molar-refractivity contribution in [3.05, 3.63) is 29.8 Å². The summed E-state index contributed by atoms with van der Waals surface area (Å²) in [4.78, 5) is 0. The number of hydrogen-bond donors (Lipinski definition) is 0. The first-order valence-electron chi connectivity index (χ1n) is 9.30. The zero-order valence-corrected chi connectivity index (χ0v) is 18.7. The van der Waals surface area contributed by atoms with Crippen LogP contribution in [0.3, 0.4) is 0 Å². The first-order valence-corrected chi connectivity index (χ1v) is 12.2. The van der Waals surface area contributed by atoms with Gasteiger partial charge in [-0.1, -0.05) is 45.0 Å². The fourth-order valence-corrected chi connectivity index (χ4v) is 4.11. The molecule has 0 aromatic heterocycles. The van der Waals surface area contributed by atoms with Crippen molar-refractivity contribution in [1.82, 2.24) is 0 Å². The van der Waals surface area contributed by atoms with E-state index in [1.54, 1.807) is 0 Å². The molecule has 0 N–H and O–H groups in total. The Morgan fingerprint density at radius 3 is 1.96 bits per heavy atom. The van der Waals surface area contributed by atoms with E-state index >= 15 is 0 Å². The molecule has 2 rings (SSSR count). The normalized spacial score (nSPS) is 21.4. The van der Waals surface area contributed by atoms with Crippen LogP contribution in [0.25, 0.3) is 0 Å². The minimum atomic E-state index is -1.85. The van der Waals surface area contributed by atoms with Crippen molar-refractivity contribution in [3.63, 3.8) is 0 Å². The van der Waals surface area contributed by atoms with Crippen LogP contribution in [0, 0.1) is 0 Å². The summed E-state index contributed by atoms with van der Waals surface area (Å²) >= 11 is 0. The standard InChI is InChI=1S/C20H35BO3Si/c1-15(22-25(9,10)18(2,3)4)16-13-11-12-14-17(16)21-23-19(5,6)20(7,8)24-21/h11-15H,1-10H3. The molecule has 1 unspecified atom stereocenters. The summed E-state index contributed by atoms with van der Waals surface area (Å²) in [5.74, 6) is 0. The number of benzene rings is 1. The van der Waals surface area contributed by atoms with Crippen LogP contribution in [-0.2, 0) is 13.7 Å². The third-order valence-electron chi connectivity index (χ3n) is 6.22. The van der Waals surface area contributed by atoms with Gasteiger partial charge in [0.25, 0.3) is 0 Å². The molecular formula is C20H35BO3Si. The lowest BCUT2D eigenvalue weighted by atomic mass is 9.75. The highest BCUT2D eigenvalue weighted by Crippen LogP contribution is 2.40. The van der Waals surface area contributed by atoms with Crippen LogP contribution in [0.4, 0.5) is 0 Å². The van der Waals surface area contributed by atoms with Crippen molar-refractivity contribution in [1.29, 1.82) is 0 Å². The predicted molar refractivity (Wildman–Crippen MR) is 109 cm³/mol. The molecule has 1 saturated heterocycles. The van der Waals surface area contributed by atoms with E-state index in [9.17, 15) is 0 Å². The predicted octanol–water partition coefficient (Wildman–Crippen LogP) is 5.07. The molecule has 0 spiro atoms. The molecular weight excluding hydrogens is 327 g/mol. The molecule has 1 aliphatic rings. The van der Waals surface area contributed by atoms with Gasteiger partial charge < -0.3 is 13.7 Å². The third-order valence-corrected chi connectivity index (χ3v) is 10.8. The topological polar surface area (TPSA) is 27.7 Å². The van der Waals surface area contributed by atoms with Crippen LogP contribution in [-0.4, -0.2) is 26.6 Å². The first kappa shape index (κ1) is 20.7. The summed E-state index contributed by atoms with van der Waals surface area (Å²) < 4.78 is 19.2. The SMILES string of the molecule is CC(O[Si](C)(C)C(C)(C)C)c1ccccc1B1OC(C)(C)C(C)(C)O1. The summed E-state index contributed by atoms with van der Waals surface area (Å²) in [6.07, 6.45) is 0.0103. The number of rotatable bonds is 4. The van der Waals surface area contributed by atoms with Crippen molar-refractivity contribution in [2.45, 2.75) is 90.8 Å². The molecule has 0 radical (unpaired) electrons. The number of hydrogen-bond acceptors (Lipinski definition) is 3. The summed E-state index contributed by atoms with van der Waals surface area (Å²) in [6, 6.07) is 8.35. The molecule has 1 heterocycles. The minimum absolute atomic E-state index is 0.0103. The van der Waals surface area contributed by atoms with Gasteiger partial charge in [0.2, 0.25) is 0 Å². The second kappa shape index (κ2) is 6.52. The maximum atomic E-state index is 6.62. The summed E-state index contributed by atoms with van der Waals surface area (Å²) in [5, 5.41) is 0.181. The van der Waals surface area contributed by atoms with Crippen molar-refractivity contribution in [2.24, 2.45) is 0 Å². The molecule has 0 amide bonds. The minimum Gasteiger partial charge on any atom is -0.410 e. The summed E-state index contributed by atoms with van der Waals surface area (Å²) in [5.41, 5.74) is 1.56. The Hall–Kier alpha value is -0.618. The van der Waals surface area contributed by atoms with Gasteiger partial charge in [-0.2, -0.15) is 0 Å². The summed E-state index contributed by atoms with van der Waals surface area (Å²) in [6.45, 7) is 21.9. The fraction of sp³-hybridized carbons (Fsp3) is 0.700. The average molecular weight is 362 g/mol. The molecule has 140 valence electrons. The van der Waals surface area contributed by atoms with Crippen molar-refractivity contribution >= 4 is 20.9 Å². The smallest absolute Gasteiger partial charge is 0.410 e. The van der Waals surface area contributed by atoms with Gasteiger partial charge in [-0.25, -0.2) is 0 Å². The van der Waals surface area contributed by atoms with Crippen LogP contribution >= 0.6 is 0 Å². The van der Waals surface area contributed by atoms with E-state index in [2.05, 4.69) is 86.7 Å². The van der Waals surface area contributed by atoms with Gasteiger partial charge in [-0.3, -0.25) is 0 Å². The van der Waals surface area contributed by atoms with E-state index in [1.165, 1.54) is 0 Å². The maximum absolute atomic E-state index is 6.62. The van der Waals surface area contributed by atoms with E-state index in [4.69, 9.17) is 13.7 Å². The second-order valence-corrected chi connectivity index (χ2v) is 14.5. The van der Waals surface area contributed by atoms with Gasteiger partial charge in [0, 0.05) is 0 Å². The van der Waals surface area contributed by atoms with Crippen LogP contribution in [0.2, 0.25) is 18.1 Å². The zero-order valence-electron chi connectivity index (χ0n) is 17.7. The lowest BCUT2D eigenvalue weighted by molar-refractivity contribution is 0.00578. The molecule has 1 aliphatic heterocycles. The second-order valence-electron chi connectivity index (χ2n) is 9.74. The van der Waals surface area contributed by atoms with Crippen molar-refractivity contribution < 1.29 is 13.7 Å². The molecule has 5 heteroatoms. The highest BCUT2D eigenvalue weighted by atomic mass is 28.4. The molecule has 0 aliphatic carbocycles. The van der Waals surface area contributed by atoms with Gasteiger partial charge in [-0.05, 0) is 63.8 Å². The largest absolute Gasteiger partial charge is 0.495 e. The van der Waals surface area contributed by atoms with E-state index in [0.29, 0.717) is 0 Å². The Bertz CT molecular complexity index is 604. The monoisotopic (exact) mass is 362 g/mol. The fourth-order valence-electron chi connectivity index (χ4n) is 2.75. The van der Waals surface area contributed by atoms with Gasteiger partial charge >= 0.3 is 7.12 Å².